The van der Waals surface area contributed by atoms with Gasteiger partial charge in [-0.3, -0.25) is 14.8 Å². The highest BCUT2D eigenvalue weighted by molar-refractivity contribution is 5.82. The number of amides is 1. The van der Waals surface area contributed by atoms with Gasteiger partial charge >= 0.3 is 0 Å². The van der Waals surface area contributed by atoms with Crippen LogP contribution in [0, 0.1) is 0 Å². The summed E-state index contributed by atoms with van der Waals surface area (Å²) in [6.45, 7) is 0.819. The van der Waals surface area contributed by atoms with Crippen molar-refractivity contribution in [1.29, 1.82) is 0 Å². The molecule has 20 heavy (non-hydrogen) atoms. The highest BCUT2D eigenvalue weighted by Crippen LogP contribution is 2.30. The second-order valence-corrected chi connectivity index (χ2v) is 5.71. The molecule has 0 aliphatic carbocycles. The molecule has 3 heterocycles. The lowest BCUT2D eigenvalue weighted by Gasteiger charge is -2.20. The van der Waals surface area contributed by atoms with E-state index in [0.29, 0.717) is 13.1 Å². The first kappa shape index (κ1) is 13.5. The Morgan fingerprint density at radius 1 is 1.55 bits per heavy atom. The van der Waals surface area contributed by atoms with Crippen LogP contribution in [0.25, 0.3) is 0 Å². The quantitative estimate of drug-likeness (QED) is 0.871. The topological polar surface area (TPSA) is 50.2 Å². The summed E-state index contributed by atoms with van der Waals surface area (Å²) < 4.78 is 28.0. The highest BCUT2D eigenvalue weighted by Gasteiger charge is 2.44. The normalized spacial score (nSPS) is 29.1. The maximum absolute atomic E-state index is 13.1. The fourth-order valence-corrected chi connectivity index (χ4v) is 2.99. The number of carbonyl (C=O) groups excluding carboxylic acids is 1. The van der Waals surface area contributed by atoms with Crippen LogP contribution in [0.5, 0.6) is 0 Å². The average Bonchev–Trinajstić information content (AvgIpc) is 3.07. The van der Waals surface area contributed by atoms with Crippen molar-refractivity contribution in [2.24, 2.45) is 7.05 Å². The van der Waals surface area contributed by atoms with Crippen LogP contribution in [0.4, 0.5) is 8.78 Å². The molecule has 0 bridgehead atoms. The van der Waals surface area contributed by atoms with Gasteiger partial charge in [-0.2, -0.15) is 5.10 Å². The molecule has 1 N–H and O–H groups in total. The molecule has 5 nitrogen and oxygen atoms in total. The largest absolute Gasteiger partial charge is 0.341 e. The van der Waals surface area contributed by atoms with Gasteiger partial charge in [-0.05, 0) is 12.0 Å². The Bertz CT molecular complexity index is 516. The lowest BCUT2D eigenvalue weighted by atomic mass is 10.0. The number of aromatic nitrogens is 2. The number of nitrogens with one attached hydrogen (secondary N) is 1. The van der Waals surface area contributed by atoms with E-state index in [1.165, 1.54) is 0 Å². The molecular weight excluding hydrogens is 266 g/mol. The molecule has 0 saturated carbocycles. The Morgan fingerprint density at radius 2 is 2.35 bits per heavy atom. The Kier molecular flexibility index (Phi) is 3.24. The zero-order chi connectivity index (χ0) is 14.3. The molecule has 2 saturated heterocycles. The molecule has 0 spiro atoms. The number of hydrogen-bond acceptors (Lipinski definition) is 3. The van der Waals surface area contributed by atoms with E-state index in [0.717, 1.165) is 12.0 Å². The predicted octanol–water partition coefficient (Wildman–Crippen LogP) is 0.733. The van der Waals surface area contributed by atoms with Crippen LogP contribution in [0.1, 0.15) is 24.3 Å². The molecule has 1 amide bonds. The zero-order valence-corrected chi connectivity index (χ0v) is 11.4. The molecule has 2 unspecified atom stereocenters. The van der Waals surface area contributed by atoms with Crippen LogP contribution < -0.4 is 5.32 Å². The van der Waals surface area contributed by atoms with Gasteiger partial charge in [-0.1, -0.05) is 0 Å². The molecule has 2 fully saturated rings. The van der Waals surface area contributed by atoms with Gasteiger partial charge in [0.05, 0.1) is 18.8 Å². The van der Waals surface area contributed by atoms with E-state index in [4.69, 9.17) is 0 Å². The van der Waals surface area contributed by atoms with Crippen molar-refractivity contribution in [3.05, 3.63) is 18.0 Å². The van der Waals surface area contributed by atoms with Gasteiger partial charge in [0.15, 0.2) is 0 Å². The summed E-state index contributed by atoms with van der Waals surface area (Å²) >= 11 is 0. The number of carbonyl (C=O) groups is 1. The first-order valence-electron chi connectivity index (χ1n) is 6.83. The molecule has 3 rings (SSSR count). The molecule has 2 aliphatic rings. The van der Waals surface area contributed by atoms with E-state index in [2.05, 4.69) is 10.4 Å². The third kappa shape index (κ3) is 2.54. The van der Waals surface area contributed by atoms with Gasteiger partial charge in [0.25, 0.3) is 5.92 Å². The molecule has 2 atom stereocenters. The van der Waals surface area contributed by atoms with Gasteiger partial charge in [0.1, 0.15) is 0 Å². The summed E-state index contributed by atoms with van der Waals surface area (Å²) in [5, 5.41) is 6.75. The maximum Gasteiger partial charge on any atom is 0.262 e. The van der Waals surface area contributed by atoms with E-state index in [1.807, 2.05) is 13.2 Å². The summed E-state index contributed by atoms with van der Waals surface area (Å²) in [6, 6.07) is -0.738. The number of halogens is 2. The van der Waals surface area contributed by atoms with Gasteiger partial charge in [0.2, 0.25) is 5.91 Å². The molecule has 2 aliphatic heterocycles. The fraction of sp³-hybridized carbons (Fsp3) is 0.692. The van der Waals surface area contributed by atoms with Crippen molar-refractivity contribution < 1.29 is 13.6 Å². The van der Waals surface area contributed by atoms with Crippen molar-refractivity contribution in [2.75, 3.05) is 19.6 Å². The number of likely N-dealkylation sites (tertiary alicyclic amines) is 1. The Balaban J connectivity index is 1.61. The number of rotatable bonds is 2. The first-order chi connectivity index (χ1) is 9.44. The van der Waals surface area contributed by atoms with Crippen LogP contribution in [-0.2, 0) is 11.8 Å². The van der Waals surface area contributed by atoms with Crippen molar-refractivity contribution in [3.8, 4) is 0 Å². The van der Waals surface area contributed by atoms with Crippen molar-refractivity contribution in [2.45, 2.75) is 30.7 Å². The lowest BCUT2D eigenvalue weighted by Crippen LogP contribution is -2.42. The first-order valence-corrected chi connectivity index (χ1v) is 6.83. The van der Waals surface area contributed by atoms with Crippen LogP contribution >= 0.6 is 0 Å². The summed E-state index contributed by atoms with van der Waals surface area (Å²) in [5.41, 5.74) is 1.10. The van der Waals surface area contributed by atoms with Gasteiger partial charge in [0, 0.05) is 38.7 Å². The van der Waals surface area contributed by atoms with Gasteiger partial charge < -0.3 is 4.90 Å². The SMILES string of the molecule is Cn1cc(C2CCN(C(=O)C3CC(F)(F)CN3)C2)cn1. The second-order valence-electron chi connectivity index (χ2n) is 5.71. The molecule has 1 aromatic rings. The predicted molar refractivity (Wildman–Crippen MR) is 68.5 cm³/mol. The van der Waals surface area contributed by atoms with E-state index < -0.39 is 18.5 Å². The van der Waals surface area contributed by atoms with Crippen LogP contribution in [0.15, 0.2) is 12.4 Å². The summed E-state index contributed by atoms with van der Waals surface area (Å²) in [4.78, 5) is 13.9. The van der Waals surface area contributed by atoms with Crippen molar-refractivity contribution in [3.63, 3.8) is 0 Å². The number of hydrogen-bond donors (Lipinski definition) is 1. The number of aryl methyl sites for hydroxylation is 1. The zero-order valence-electron chi connectivity index (χ0n) is 11.4. The Morgan fingerprint density at radius 3 is 2.95 bits per heavy atom. The number of nitrogens with zero attached hydrogens (tertiary/aromatic N) is 3. The smallest absolute Gasteiger partial charge is 0.262 e. The Labute approximate surface area is 115 Å². The average molecular weight is 284 g/mol. The van der Waals surface area contributed by atoms with E-state index in [-0.39, 0.29) is 18.2 Å². The standard InChI is InChI=1S/C13H18F2N4O/c1-18-6-10(5-17-18)9-2-3-19(7-9)12(20)11-4-13(14,15)8-16-11/h5-6,9,11,16H,2-4,7-8H2,1H3. The minimum absolute atomic E-state index is 0.200. The summed E-state index contributed by atoms with van der Waals surface area (Å²) in [7, 11) is 1.85. The summed E-state index contributed by atoms with van der Waals surface area (Å²) in [5.74, 6) is -2.70. The van der Waals surface area contributed by atoms with E-state index in [1.54, 1.807) is 15.8 Å². The third-order valence-corrected chi connectivity index (χ3v) is 4.10. The van der Waals surface area contributed by atoms with Crippen LogP contribution in [0.3, 0.4) is 0 Å². The summed E-state index contributed by atoms with van der Waals surface area (Å²) in [6.07, 6.45) is 4.22. The lowest BCUT2D eigenvalue weighted by molar-refractivity contribution is -0.132. The van der Waals surface area contributed by atoms with Crippen LogP contribution in [-0.4, -0.2) is 52.2 Å². The van der Waals surface area contributed by atoms with Gasteiger partial charge in [-0.25, -0.2) is 8.78 Å². The van der Waals surface area contributed by atoms with Crippen molar-refractivity contribution >= 4 is 5.91 Å². The molecule has 0 aromatic carbocycles. The molecule has 110 valence electrons. The van der Waals surface area contributed by atoms with Gasteiger partial charge in [-0.15, -0.1) is 0 Å². The van der Waals surface area contributed by atoms with Crippen molar-refractivity contribution in [1.82, 2.24) is 20.0 Å². The maximum atomic E-state index is 13.1. The molecule has 7 heteroatoms. The molecule has 1 aromatic heterocycles. The fourth-order valence-electron chi connectivity index (χ4n) is 2.99. The minimum atomic E-state index is -2.76. The second kappa shape index (κ2) is 4.80. The Hall–Kier alpha value is -1.50. The minimum Gasteiger partial charge on any atom is -0.341 e. The highest BCUT2D eigenvalue weighted by atomic mass is 19.3. The van der Waals surface area contributed by atoms with E-state index >= 15 is 0 Å². The molecular formula is C13H18F2N4O. The third-order valence-electron chi connectivity index (χ3n) is 4.10. The van der Waals surface area contributed by atoms with Crippen LogP contribution in [0.2, 0.25) is 0 Å². The monoisotopic (exact) mass is 284 g/mol. The van der Waals surface area contributed by atoms with E-state index in [9.17, 15) is 13.6 Å². The molecule has 0 radical (unpaired) electrons. The number of alkyl halides is 2.